The molecule has 11 N–H and O–H groups in total. The molecule has 0 unspecified atom stereocenters. The molecule has 4 aliphatic heterocycles. The summed E-state index contributed by atoms with van der Waals surface area (Å²) in [6.45, 7) is 4.16. The molecule has 0 aromatic rings. The summed E-state index contributed by atoms with van der Waals surface area (Å²) in [7, 11) is 0. The lowest BCUT2D eigenvalue weighted by Crippen LogP contribution is -2.67. The van der Waals surface area contributed by atoms with Crippen molar-refractivity contribution in [3.63, 3.8) is 0 Å². The van der Waals surface area contributed by atoms with Crippen LogP contribution in [0.4, 0.5) is 0 Å². The van der Waals surface area contributed by atoms with Gasteiger partial charge in [-0.2, -0.15) is 0 Å². The fourth-order valence-electron chi connectivity index (χ4n) is 5.37. The van der Waals surface area contributed by atoms with Crippen LogP contribution < -0.4 is 0 Å². The van der Waals surface area contributed by atoms with Crippen LogP contribution in [0.3, 0.4) is 0 Å². The van der Waals surface area contributed by atoms with E-state index in [0.717, 1.165) is 0 Å². The first-order valence-electron chi connectivity index (χ1n) is 13.7. The van der Waals surface area contributed by atoms with E-state index in [-0.39, 0.29) is 0 Å². The van der Waals surface area contributed by atoms with E-state index in [9.17, 15) is 61.0 Å². The third kappa shape index (κ3) is 6.83. The van der Waals surface area contributed by atoms with Crippen molar-refractivity contribution < 1.29 is 94.1 Å². The number of hydrogen-bond acceptors (Lipinski definition) is 18. The van der Waals surface area contributed by atoms with Crippen molar-refractivity contribution in [2.24, 2.45) is 0 Å². The van der Waals surface area contributed by atoms with E-state index in [4.69, 9.17) is 33.2 Å². The van der Waals surface area contributed by atoms with Gasteiger partial charge in [0.15, 0.2) is 31.3 Å². The smallest absolute Gasteiger partial charge is 0.335 e. The molecule has 0 aromatic heterocycles. The Labute approximate surface area is 244 Å². The van der Waals surface area contributed by atoms with Gasteiger partial charge in [0.1, 0.15) is 73.2 Å². The molecule has 0 aliphatic carbocycles. The predicted octanol–water partition coefficient (Wildman–Crippen LogP) is -6.57. The quantitative estimate of drug-likeness (QED) is 0.124. The minimum absolute atomic E-state index is 0.993. The van der Waals surface area contributed by atoms with E-state index in [1.807, 2.05) is 0 Å². The second kappa shape index (κ2) is 13.6. The van der Waals surface area contributed by atoms with Gasteiger partial charge in [-0.15, -0.1) is 0 Å². The standard InChI is InChI=1S/C24H40O19/c1-4-7(25)10(28)19(43-22-14(32)9(27)11(29)18(42-22)20(34)35)24(39-4)41-17-8(26)5(2)38-23(15(17)33)40-16-6(3)37-21(36)13(31)12(16)30/h4-19,21-33,36H,1-3H3,(H,34,35)/t4-,5-,6-,7-,8-,9-,10+,11-,12-,13+,14+,15+,16-,17+,18-,19+,21-,22+,23+,24-/m0/s1. The van der Waals surface area contributed by atoms with E-state index >= 15 is 0 Å². The van der Waals surface area contributed by atoms with Gasteiger partial charge in [-0.1, -0.05) is 0 Å². The van der Waals surface area contributed by atoms with Crippen molar-refractivity contribution in [2.75, 3.05) is 0 Å². The topological polar surface area (TPSA) is 304 Å². The van der Waals surface area contributed by atoms with Crippen LogP contribution in [-0.2, 0) is 38.0 Å². The second-order valence-corrected chi connectivity index (χ2v) is 11.1. The summed E-state index contributed by atoms with van der Waals surface area (Å²) >= 11 is 0. The van der Waals surface area contributed by atoms with Gasteiger partial charge in [-0.3, -0.25) is 0 Å². The maximum absolute atomic E-state index is 11.5. The number of ether oxygens (including phenoxy) is 7. The number of carboxylic acids is 1. The minimum Gasteiger partial charge on any atom is -0.479 e. The largest absolute Gasteiger partial charge is 0.479 e. The van der Waals surface area contributed by atoms with E-state index < -0.39 is 129 Å². The number of aliphatic hydroxyl groups is 10. The zero-order chi connectivity index (χ0) is 32.1. The number of carbonyl (C=O) groups is 1. The zero-order valence-electron chi connectivity index (χ0n) is 23.2. The number of rotatable bonds is 7. The maximum Gasteiger partial charge on any atom is 0.335 e. The average molecular weight is 633 g/mol. The second-order valence-electron chi connectivity index (χ2n) is 11.1. The maximum atomic E-state index is 11.5. The summed E-state index contributed by atoms with van der Waals surface area (Å²) in [6, 6.07) is 0. The molecule has 4 fully saturated rings. The molecule has 0 amide bonds. The highest BCUT2D eigenvalue weighted by atomic mass is 16.8. The third-order valence-corrected chi connectivity index (χ3v) is 8.05. The van der Waals surface area contributed by atoms with Gasteiger partial charge < -0.3 is 89.3 Å². The van der Waals surface area contributed by atoms with Crippen LogP contribution in [0.1, 0.15) is 20.8 Å². The highest BCUT2D eigenvalue weighted by Crippen LogP contribution is 2.34. The van der Waals surface area contributed by atoms with Crippen LogP contribution in [0, 0.1) is 0 Å². The molecule has 0 spiro atoms. The monoisotopic (exact) mass is 632 g/mol. The molecule has 0 bridgehead atoms. The fourth-order valence-corrected chi connectivity index (χ4v) is 5.37. The Hall–Kier alpha value is -1.21. The van der Waals surface area contributed by atoms with Gasteiger partial charge in [0.25, 0.3) is 0 Å². The Balaban J connectivity index is 1.54. The van der Waals surface area contributed by atoms with Crippen molar-refractivity contribution >= 4 is 5.97 Å². The molecule has 250 valence electrons. The van der Waals surface area contributed by atoms with E-state index in [1.54, 1.807) is 0 Å². The molecule has 0 radical (unpaired) electrons. The highest BCUT2D eigenvalue weighted by molar-refractivity contribution is 5.73. The summed E-state index contributed by atoms with van der Waals surface area (Å²) in [5, 5.41) is 113. The van der Waals surface area contributed by atoms with Gasteiger partial charge >= 0.3 is 5.97 Å². The normalized spacial score (nSPS) is 54.7. The van der Waals surface area contributed by atoms with E-state index in [1.165, 1.54) is 20.8 Å². The van der Waals surface area contributed by atoms with Gasteiger partial charge in [0, 0.05) is 0 Å². The lowest BCUT2D eigenvalue weighted by atomic mass is 9.96. The summed E-state index contributed by atoms with van der Waals surface area (Å²) in [5.74, 6) is -1.70. The zero-order valence-corrected chi connectivity index (χ0v) is 23.2. The summed E-state index contributed by atoms with van der Waals surface area (Å²) in [6.07, 6.45) is -33.5. The summed E-state index contributed by atoms with van der Waals surface area (Å²) < 4.78 is 38.4. The predicted molar refractivity (Wildman–Crippen MR) is 130 cm³/mol. The molecule has 43 heavy (non-hydrogen) atoms. The molecule has 4 rings (SSSR count). The molecular weight excluding hydrogens is 592 g/mol. The Morgan fingerprint density at radius 1 is 0.465 bits per heavy atom. The number of hydrogen-bond donors (Lipinski definition) is 11. The Morgan fingerprint density at radius 2 is 0.977 bits per heavy atom. The van der Waals surface area contributed by atoms with Crippen molar-refractivity contribution in [2.45, 2.75) is 144 Å². The van der Waals surface area contributed by atoms with Crippen LogP contribution in [0.25, 0.3) is 0 Å². The first-order chi connectivity index (χ1) is 20.0. The molecule has 0 aromatic carbocycles. The highest BCUT2D eigenvalue weighted by Gasteiger charge is 2.55. The summed E-state index contributed by atoms with van der Waals surface area (Å²) in [4.78, 5) is 11.5. The number of aliphatic carboxylic acids is 1. The van der Waals surface area contributed by atoms with Crippen LogP contribution in [0.2, 0.25) is 0 Å². The SMILES string of the molecule is C[C@@H]1O[C@@H](O[C@@H]2[C@@H](O)[C@H](C)O[C@H](O[C@@H]3[C@@H](O)[C@@H](O)[C@@H](O)O[C@H]3C)[C@@H]2O)[C@H](O[C@H]2O[C@H](C(=O)O)[C@@H](O)[C@H](O)[C@H]2O)[C@H](O)[C@H]1O. The van der Waals surface area contributed by atoms with Crippen molar-refractivity contribution in [1.82, 2.24) is 0 Å². The van der Waals surface area contributed by atoms with Crippen LogP contribution in [0.15, 0.2) is 0 Å². The average Bonchev–Trinajstić information content (AvgIpc) is 2.95. The third-order valence-electron chi connectivity index (χ3n) is 8.05. The number of aliphatic hydroxyl groups excluding tert-OH is 10. The lowest BCUT2D eigenvalue weighted by Gasteiger charge is -2.48. The molecule has 20 atom stereocenters. The molecule has 19 heteroatoms. The van der Waals surface area contributed by atoms with E-state index in [2.05, 4.69) is 0 Å². The number of carboxylic acid groups (broad SMARTS) is 1. The van der Waals surface area contributed by atoms with Crippen LogP contribution >= 0.6 is 0 Å². The van der Waals surface area contributed by atoms with Crippen molar-refractivity contribution in [3.05, 3.63) is 0 Å². The van der Waals surface area contributed by atoms with Gasteiger partial charge in [0.05, 0.1) is 18.3 Å². The van der Waals surface area contributed by atoms with E-state index in [0.29, 0.717) is 0 Å². The Bertz CT molecular complexity index is 942. The first kappa shape index (κ1) is 34.7. The molecular formula is C24H40O19. The minimum atomic E-state index is -2.05. The molecule has 19 nitrogen and oxygen atoms in total. The Morgan fingerprint density at radius 3 is 1.60 bits per heavy atom. The van der Waals surface area contributed by atoms with Crippen LogP contribution in [0.5, 0.6) is 0 Å². The van der Waals surface area contributed by atoms with Crippen molar-refractivity contribution in [3.8, 4) is 0 Å². The molecule has 0 saturated carbocycles. The van der Waals surface area contributed by atoms with Gasteiger partial charge in [-0.05, 0) is 20.8 Å². The van der Waals surface area contributed by atoms with Gasteiger partial charge in [0.2, 0.25) is 0 Å². The lowest BCUT2D eigenvalue weighted by molar-refractivity contribution is -0.390. The van der Waals surface area contributed by atoms with Crippen LogP contribution in [-0.4, -0.2) is 185 Å². The molecule has 4 saturated heterocycles. The summed E-state index contributed by atoms with van der Waals surface area (Å²) in [5.41, 5.74) is 0. The first-order valence-corrected chi connectivity index (χ1v) is 13.7. The van der Waals surface area contributed by atoms with Crippen molar-refractivity contribution in [1.29, 1.82) is 0 Å². The Kier molecular flexibility index (Phi) is 11.0. The molecule has 4 aliphatic rings. The van der Waals surface area contributed by atoms with Gasteiger partial charge in [-0.25, -0.2) is 4.79 Å². The molecule has 4 heterocycles. The fraction of sp³-hybridized carbons (Fsp3) is 0.958.